The van der Waals surface area contributed by atoms with E-state index in [2.05, 4.69) is 43.0 Å². The molecule has 0 unspecified atom stereocenters. The summed E-state index contributed by atoms with van der Waals surface area (Å²) in [4.78, 5) is 18.2. The van der Waals surface area contributed by atoms with Crippen LogP contribution in [-0.2, 0) is 6.18 Å². The number of methoxy groups -OCH3 is 1. The molecule has 0 bridgehead atoms. The number of aromatic nitrogens is 4. The Morgan fingerprint density at radius 2 is 1.81 bits per heavy atom. The van der Waals surface area contributed by atoms with Crippen molar-refractivity contribution < 1.29 is 36.8 Å². The SMILES string of the molecule is COc1c[c-]cc2c(N[C@H](C)c3cnc(C(F)(F)F)nc3)ncnc12.[CH-]=NC(=[CH-])C.[Li+]. The molecule has 0 fully saturated rings. The summed E-state index contributed by atoms with van der Waals surface area (Å²) >= 11 is 0. The van der Waals surface area contributed by atoms with Crippen molar-refractivity contribution in [2.45, 2.75) is 26.1 Å². The predicted molar refractivity (Wildman–Crippen MR) is 106 cm³/mol. The van der Waals surface area contributed by atoms with E-state index in [0.29, 0.717) is 33.7 Å². The van der Waals surface area contributed by atoms with Gasteiger partial charge in [0.25, 0.3) is 0 Å². The Morgan fingerprint density at radius 1 is 1.19 bits per heavy atom. The fourth-order valence-electron chi connectivity index (χ4n) is 2.26. The van der Waals surface area contributed by atoms with E-state index in [1.54, 1.807) is 26.0 Å². The van der Waals surface area contributed by atoms with Crippen molar-refractivity contribution in [3.8, 4) is 5.75 Å². The summed E-state index contributed by atoms with van der Waals surface area (Å²) in [6.45, 7) is 12.9. The minimum Gasteiger partial charge on any atom is -0.598 e. The first-order chi connectivity index (χ1) is 14.2. The van der Waals surface area contributed by atoms with Crippen molar-refractivity contribution in [1.29, 1.82) is 0 Å². The molecule has 158 valence electrons. The van der Waals surface area contributed by atoms with Crippen LogP contribution in [0, 0.1) is 12.6 Å². The number of benzene rings is 1. The Bertz CT molecular complexity index is 1030. The molecule has 7 nitrogen and oxygen atoms in total. The van der Waals surface area contributed by atoms with Gasteiger partial charge in [-0.05, 0) is 6.92 Å². The summed E-state index contributed by atoms with van der Waals surface area (Å²) in [6.07, 6.45) is -0.902. The van der Waals surface area contributed by atoms with Crippen LogP contribution in [0.2, 0.25) is 0 Å². The van der Waals surface area contributed by atoms with Gasteiger partial charge in [0.2, 0.25) is 5.82 Å². The van der Waals surface area contributed by atoms with Crippen LogP contribution < -0.4 is 28.9 Å². The number of nitrogens with one attached hydrogen (secondary N) is 1. The molecule has 3 aromatic rings. The standard InChI is InChI=1S/C16H13F3N5O.C4H5N.Li/c1-9(10-6-20-15(21-7-10)16(17,18)19)24-14-11-4-3-5-12(25-2)13(11)22-8-23-14;1-4(2)5-3;/h4-9H,1-2H3,(H,22,23,24);1,3H,2H3;/q-1;-2;+1/t9-;;/m1../s1. The summed E-state index contributed by atoms with van der Waals surface area (Å²) in [6, 6.07) is 5.93. The molecule has 2 aromatic heterocycles. The number of hydrogen-bond acceptors (Lipinski definition) is 7. The fourth-order valence-corrected chi connectivity index (χ4v) is 2.26. The zero-order chi connectivity index (χ0) is 22.3. The van der Waals surface area contributed by atoms with Crippen LogP contribution in [0.5, 0.6) is 5.75 Å². The van der Waals surface area contributed by atoms with E-state index in [1.807, 2.05) is 0 Å². The molecule has 0 aliphatic carbocycles. The molecule has 1 aromatic carbocycles. The fraction of sp³-hybridized carbons (Fsp3) is 0.250. The average Bonchev–Trinajstić information content (AvgIpc) is 2.73. The van der Waals surface area contributed by atoms with Crippen molar-refractivity contribution in [2.24, 2.45) is 4.99 Å². The Kier molecular flexibility index (Phi) is 9.62. The zero-order valence-electron chi connectivity index (χ0n) is 17.4. The number of rotatable bonds is 5. The van der Waals surface area contributed by atoms with Crippen molar-refractivity contribution in [1.82, 2.24) is 19.9 Å². The second-order valence-corrected chi connectivity index (χ2v) is 5.98. The topological polar surface area (TPSA) is 85.2 Å². The molecule has 0 saturated carbocycles. The predicted octanol–water partition coefficient (Wildman–Crippen LogP) is 1.33. The van der Waals surface area contributed by atoms with E-state index >= 15 is 0 Å². The summed E-state index contributed by atoms with van der Waals surface area (Å²) in [5.74, 6) is -0.115. The molecule has 1 N–H and O–H groups in total. The number of alkyl halides is 3. The summed E-state index contributed by atoms with van der Waals surface area (Å²) < 4.78 is 42.9. The number of halogens is 3. The van der Waals surface area contributed by atoms with E-state index < -0.39 is 12.0 Å². The molecule has 0 aliphatic heterocycles. The van der Waals surface area contributed by atoms with Crippen LogP contribution in [0.4, 0.5) is 19.0 Å². The van der Waals surface area contributed by atoms with Gasteiger partial charge in [-0.1, -0.05) is 5.39 Å². The molecule has 0 amide bonds. The zero-order valence-corrected chi connectivity index (χ0v) is 17.4. The van der Waals surface area contributed by atoms with Crippen molar-refractivity contribution in [2.75, 3.05) is 12.4 Å². The molecule has 0 aliphatic rings. The molecule has 0 radical (unpaired) electrons. The van der Waals surface area contributed by atoms with E-state index in [9.17, 15) is 13.2 Å². The van der Waals surface area contributed by atoms with Gasteiger partial charge in [0.1, 0.15) is 6.33 Å². The van der Waals surface area contributed by atoms with Crippen LogP contribution in [0.1, 0.15) is 31.3 Å². The third-order valence-electron chi connectivity index (χ3n) is 3.76. The maximum Gasteiger partial charge on any atom is 1.00 e. The largest absolute Gasteiger partial charge is 1.00 e. The average molecular weight is 422 g/mol. The van der Waals surface area contributed by atoms with Gasteiger partial charge in [-0.15, -0.1) is 13.0 Å². The first-order valence-electron chi connectivity index (χ1n) is 8.51. The molecule has 0 spiro atoms. The van der Waals surface area contributed by atoms with E-state index in [0.717, 1.165) is 12.4 Å². The number of anilines is 1. The first-order valence-corrected chi connectivity index (χ1v) is 8.51. The number of ether oxygens (including phenoxy) is 1. The second-order valence-electron chi connectivity index (χ2n) is 5.98. The van der Waals surface area contributed by atoms with Crippen LogP contribution in [0.3, 0.4) is 0 Å². The van der Waals surface area contributed by atoms with Crippen molar-refractivity contribution in [3.63, 3.8) is 0 Å². The summed E-state index contributed by atoms with van der Waals surface area (Å²) in [5.41, 5.74) is 1.51. The third-order valence-corrected chi connectivity index (χ3v) is 3.76. The van der Waals surface area contributed by atoms with E-state index in [-0.39, 0.29) is 24.9 Å². The van der Waals surface area contributed by atoms with E-state index in [4.69, 9.17) is 11.3 Å². The number of nitrogens with zero attached hydrogens (tertiary/aromatic N) is 5. The van der Waals surface area contributed by atoms with Gasteiger partial charge in [0.15, 0.2) is 0 Å². The number of fused-ring (bicyclic) bond motifs is 1. The molecule has 11 heteroatoms. The van der Waals surface area contributed by atoms with Crippen LogP contribution in [0.15, 0.2) is 41.5 Å². The number of hydrogen-bond donors (Lipinski definition) is 1. The maximum absolute atomic E-state index is 12.5. The number of allylic oxidation sites excluding steroid dienone is 1. The van der Waals surface area contributed by atoms with Gasteiger partial charge in [-0.25, -0.2) is 15.0 Å². The molecular formula is C20H18F3LiN6O-2. The Labute approximate surface area is 190 Å². The van der Waals surface area contributed by atoms with E-state index in [1.165, 1.54) is 13.4 Å². The van der Waals surface area contributed by atoms with Gasteiger partial charge in [-0.3, -0.25) is 4.98 Å². The summed E-state index contributed by atoms with van der Waals surface area (Å²) in [7, 11) is 1.53. The van der Waals surface area contributed by atoms with Gasteiger partial charge >= 0.3 is 25.0 Å². The maximum atomic E-state index is 12.5. The van der Waals surface area contributed by atoms with Gasteiger partial charge in [0, 0.05) is 29.2 Å². The minimum atomic E-state index is -4.57. The van der Waals surface area contributed by atoms with Crippen LogP contribution >= 0.6 is 0 Å². The number of aliphatic imine (C=N–C) groups is 1. The van der Waals surface area contributed by atoms with Gasteiger partial charge < -0.3 is 27.3 Å². The molecule has 0 saturated heterocycles. The minimum absolute atomic E-state index is 0. The Hall–Kier alpha value is -2.96. The molecule has 3 rings (SSSR count). The quantitative estimate of drug-likeness (QED) is 0.379. The van der Waals surface area contributed by atoms with Crippen molar-refractivity contribution in [3.05, 3.63) is 60.6 Å². The monoisotopic (exact) mass is 422 g/mol. The molecular weight excluding hydrogens is 404 g/mol. The molecule has 1 atom stereocenters. The molecule has 2 heterocycles. The van der Waals surface area contributed by atoms with Crippen LogP contribution in [0.25, 0.3) is 10.9 Å². The third kappa shape index (κ3) is 7.05. The smallest absolute Gasteiger partial charge is 0.598 e. The Balaban J connectivity index is 0.000000721. The Morgan fingerprint density at radius 3 is 2.32 bits per heavy atom. The van der Waals surface area contributed by atoms with Crippen molar-refractivity contribution >= 4 is 23.4 Å². The molecule has 31 heavy (non-hydrogen) atoms. The van der Waals surface area contributed by atoms with Gasteiger partial charge in [0.05, 0.1) is 19.0 Å². The van der Waals surface area contributed by atoms with Gasteiger partial charge in [-0.2, -0.15) is 32.0 Å². The van der Waals surface area contributed by atoms with Crippen LogP contribution in [-0.4, -0.2) is 33.8 Å². The first kappa shape index (κ1) is 26.1. The summed E-state index contributed by atoms with van der Waals surface area (Å²) in [5, 5.41) is 3.80. The second kappa shape index (κ2) is 11.4. The normalized spacial score (nSPS) is 11.4.